The van der Waals surface area contributed by atoms with E-state index in [2.05, 4.69) is 25.5 Å². The molecule has 2 heterocycles. The standard InChI is InChI=1S/C9H12N6O2S/c1-4-18-9-12-13-14-15(9)7-8(17-3)11-6(16-2)5-10-7/h5H,4H2,1-3H3. The van der Waals surface area contributed by atoms with E-state index in [1.54, 1.807) is 0 Å². The summed E-state index contributed by atoms with van der Waals surface area (Å²) >= 11 is 1.50. The molecule has 0 atom stereocenters. The lowest BCUT2D eigenvalue weighted by Gasteiger charge is -2.08. The van der Waals surface area contributed by atoms with Crippen LogP contribution in [-0.4, -0.2) is 50.1 Å². The Morgan fingerprint density at radius 3 is 2.83 bits per heavy atom. The van der Waals surface area contributed by atoms with Crippen LogP contribution in [0.5, 0.6) is 11.8 Å². The first-order valence-electron chi connectivity index (χ1n) is 5.16. The van der Waals surface area contributed by atoms with Crippen molar-refractivity contribution in [1.29, 1.82) is 0 Å². The zero-order chi connectivity index (χ0) is 13.0. The molecule has 0 aliphatic carbocycles. The lowest BCUT2D eigenvalue weighted by molar-refractivity contribution is 0.357. The van der Waals surface area contributed by atoms with E-state index in [4.69, 9.17) is 9.47 Å². The molecule has 0 aliphatic rings. The minimum atomic E-state index is 0.305. The highest BCUT2D eigenvalue weighted by Gasteiger charge is 2.16. The predicted octanol–water partition coefficient (Wildman–Crippen LogP) is 0.581. The summed E-state index contributed by atoms with van der Waals surface area (Å²) in [6.45, 7) is 2.01. The summed E-state index contributed by atoms with van der Waals surface area (Å²) in [6.07, 6.45) is 1.49. The topological polar surface area (TPSA) is 87.8 Å². The maximum atomic E-state index is 5.17. The molecule has 2 aromatic heterocycles. The average Bonchev–Trinajstić information content (AvgIpc) is 2.86. The minimum Gasteiger partial charge on any atom is -0.480 e. The Kier molecular flexibility index (Phi) is 3.92. The Balaban J connectivity index is 2.46. The highest BCUT2D eigenvalue weighted by atomic mass is 32.2. The number of ether oxygens (including phenoxy) is 2. The van der Waals surface area contributed by atoms with Crippen molar-refractivity contribution < 1.29 is 9.47 Å². The number of rotatable bonds is 5. The first kappa shape index (κ1) is 12.6. The van der Waals surface area contributed by atoms with Crippen molar-refractivity contribution in [3.63, 3.8) is 0 Å². The van der Waals surface area contributed by atoms with Crippen LogP contribution in [0.4, 0.5) is 0 Å². The second-order valence-corrected chi connectivity index (χ2v) is 4.28. The number of nitrogens with zero attached hydrogens (tertiary/aromatic N) is 6. The second-order valence-electron chi connectivity index (χ2n) is 3.05. The van der Waals surface area contributed by atoms with E-state index in [1.807, 2.05) is 6.92 Å². The maximum Gasteiger partial charge on any atom is 0.263 e. The Morgan fingerprint density at radius 2 is 2.17 bits per heavy atom. The number of hydrogen-bond acceptors (Lipinski definition) is 8. The summed E-state index contributed by atoms with van der Waals surface area (Å²) in [6, 6.07) is 0. The Labute approximate surface area is 108 Å². The molecule has 18 heavy (non-hydrogen) atoms. The van der Waals surface area contributed by atoms with Crippen LogP contribution in [0.1, 0.15) is 6.92 Å². The summed E-state index contributed by atoms with van der Waals surface area (Å²) < 4.78 is 11.6. The van der Waals surface area contributed by atoms with Crippen LogP contribution in [0.2, 0.25) is 0 Å². The van der Waals surface area contributed by atoms with Crippen LogP contribution in [-0.2, 0) is 0 Å². The van der Waals surface area contributed by atoms with E-state index in [0.29, 0.717) is 22.7 Å². The molecule has 0 spiro atoms. The van der Waals surface area contributed by atoms with Gasteiger partial charge in [0, 0.05) is 0 Å². The normalized spacial score (nSPS) is 10.4. The van der Waals surface area contributed by atoms with Gasteiger partial charge in [0.15, 0.2) is 0 Å². The number of thioether (sulfide) groups is 1. The van der Waals surface area contributed by atoms with Crippen LogP contribution in [0.3, 0.4) is 0 Å². The van der Waals surface area contributed by atoms with Crippen molar-refractivity contribution in [1.82, 2.24) is 30.2 Å². The van der Waals surface area contributed by atoms with Crippen molar-refractivity contribution in [3.8, 4) is 17.6 Å². The fraction of sp³-hybridized carbons (Fsp3) is 0.444. The third kappa shape index (κ3) is 2.35. The average molecular weight is 268 g/mol. The molecule has 9 heteroatoms. The lowest BCUT2D eigenvalue weighted by atomic mass is 10.6. The van der Waals surface area contributed by atoms with Gasteiger partial charge in [0.1, 0.15) is 0 Å². The van der Waals surface area contributed by atoms with E-state index in [-0.39, 0.29) is 0 Å². The van der Waals surface area contributed by atoms with Crippen LogP contribution >= 0.6 is 11.8 Å². The molecule has 2 rings (SSSR count). The fourth-order valence-corrected chi connectivity index (χ4v) is 1.86. The van der Waals surface area contributed by atoms with Crippen LogP contribution in [0, 0.1) is 0 Å². The van der Waals surface area contributed by atoms with Crippen molar-refractivity contribution in [2.24, 2.45) is 0 Å². The van der Waals surface area contributed by atoms with Crippen molar-refractivity contribution in [3.05, 3.63) is 6.20 Å². The zero-order valence-electron chi connectivity index (χ0n) is 10.2. The van der Waals surface area contributed by atoms with E-state index >= 15 is 0 Å². The largest absolute Gasteiger partial charge is 0.480 e. The van der Waals surface area contributed by atoms with E-state index in [9.17, 15) is 0 Å². The molecule has 0 saturated carbocycles. The fourth-order valence-electron chi connectivity index (χ4n) is 1.26. The molecule has 2 aromatic rings. The van der Waals surface area contributed by atoms with E-state index in [0.717, 1.165) is 5.75 Å². The van der Waals surface area contributed by atoms with Crippen molar-refractivity contribution in [2.45, 2.75) is 12.1 Å². The highest BCUT2D eigenvalue weighted by Crippen LogP contribution is 2.23. The number of aromatic nitrogens is 6. The molecule has 0 saturated heterocycles. The van der Waals surface area contributed by atoms with Crippen LogP contribution < -0.4 is 9.47 Å². The molecule has 0 radical (unpaired) electrons. The monoisotopic (exact) mass is 268 g/mol. The van der Waals surface area contributed by atoms with Gasteiger partial charge < -0.3 is 9.47 Å². The van der Waals surface area contributed by atoms with E-state index in [1.165, 1.54) is 36.9 Å². The van der Waals surface area contributed by atoms with Gasteiger partial charge in [0.25, 0.3) is 5.88 Å². The molecule has 0 fully saturated rings. The lowest BCUT2D eigenvalue weighted by Crippen LogP contribution is -2.06. The predicted molar refractivity (Wildman–Crippen MR) is 64.2 cm³/mol. The minimum absolute atomic E-state index is 0.305. The third-order valence-corrected chi connectivity index (χ3v) is 2.82. The van der Waals surface area contributed by atoms with Crippen molar-refractivity contribution in [2.75, 3.05) is 20.0 Å². The summed E-state index contributed by atoms with van der Waals surface area (Å²) in [5.41, 5.74) is 0. The number of hydrogen-bond donors (Lipinski definition) is 0. The first-order chi connectivity index (χ1) is 8.80. The maximum absolute atomic E-state index is 5.17. The summed E-state index contributed by atoms with van der Waals surface area (Å²) in [5.74, 6) is 1.96. The molecule has 0 aromatic carbocycles. The van der Waals surface area contributed by atoms with Gasteiger partial charge in [-0.15, -0.1) is 5.10 Å². The SMILES string of the molecule is CCSc1nnnn1-c1ncc(OC)nc1OC. The van der Waals surface area contributed by atoms with Gasteiger partial charge in [-0.25, -0.2) is 4.98 Å². The number of methoxy groups -OCH3 is 2. The van der Waals surface area contributed by atoms with Gasteiger partial charge in [-0.3, -0.25) is 0 Å². The van der Waals surface area contributed by atoms with Gasteiger partial charge >= 0.3 is 0 Å². The molecule has 96 valence electrons. The molecule has 0 bridgehead atoms. The van der Waals surface area contributed by atoms with Crippen LogP contribution in [0.25, 0.3) is 5.82 Å². The smallest absolute Gasteiger partial charge is 0.263 e. The Hall–Kier alpha value is -1.90. The molecule has 8 nitrogen and oxygen atoms in total. The van der Waals surface area contributed by atoms with Gasteiger partial charge in [0.2, 0.25) is 16.9 Å². The Bertz CT molecular complexity index is 532. The van der Waals surface area contributed by atoms with Gasteiger partial charge in [-0.2, -0.15) is 9.67 Å². The first-order valence-corrected chi connectivity index (χ1v) is 6.15. The Morgan fingerprint density at radius 1 is 1.33 bits per heavy atom. The molecule has 0 aliphatic heterocycles. The second kappa shape index (κ2) is 5.63. The van der Waals surface area contributed by atoms with Crippen LogP contribution in [0.15, 0.2) is 11.4 Å². The van der Waals surface area contributed by atoms with Gasteiger partial charge in [-0.1, -0.05) is 18.7 Å². The molecule has 0 amide bonds. The zero-order valence-corrected chi connectivity index (χ0v) is 11.0. The summed E-state index contributed by atoms with van der Waals surface area (Å²) in [7, 11) is 3.02. The highest BCUT2D eigenvalue weighted by molar-refractivity contribution is 7.99. The number of tetrazole rings is 1. The van der Waals surface area contributed by atoms with Gasteiger partial charge in [0.05, 0.1) is 20.4 Å². The quantitative estimate of drug-likeness (QED) is 0.728. The van der Waals surface area contributed by atoms with E-state index < -0.39 is 0 Å². The van der Waals surface area contributed by atoms with Crippen molar-refractivity contribution >= 4 is 11.8 Å². The molecular weight excluding hydrogens is 256 g/mol. The summed E-state index contributed by atoms with van der Waals surface area (Å²) in [4.78, 5) is 8.33. The van der Waals surface area contributed by atoms with Gasteiger partial charge in [-0.05, 0) is 16.2 Å². The summed E-state index contributed by atoms with van der Waals surface area (Å²) in [5, 5.41) is 12.0. The molecular formula is C9H12N6O2S. The molecule has 0 N–H and O–H groups in total. The third-order valence-electron chi connectivity index (χ3n) is 2.02. The molecule has 0 unspecified atom stereocenters.